The second kappa shape index (κ2) is 8.55. The first kappa shape index (κ1) is 19.3. The molecule has 0 bridgehead atoms. The van der Waals surface area contributed by atoms with Crippen LogP contribution in [-0.2, 0) is 11.8 Å². The summed E-state index contributed by atoms with van der Waals surface area (Å²) in [6, 6.07) is 14.8. The van der Waals surface area contributed by atoms with Gasteiger partial charge in [-0.3, -0.25) is 9.59 Å². The number of hydrogen-bond acceptors (Lipinski definition) is 4. The molecular weight excluding hydrogens is 368 g/mol. The number of nitrogens with zero attached hydrogens (tertiary/aromatic N) is 2. The molecule has 29 heavy (non-hydrogen) atoms. The number of fused-ring (bicyclic) bond motifs is 1. The number of carbonyl (C=O) groups excluding carboxylic acids is 1. The van der Waals surface area contributed by atoms with Gasteiger partial charge < -0.3 is 15.0 Å². The Kier molecular flexibility index (Phi) is 5.69. The summed E-state index contributed by atoms with van der Waals surface area (Å²) >= 11 is 0. The maximum absolute atomic E-state index is 12.4. The molecule has 1 saturated heterocycles. The van der Waals surface area contributed by atoms with Crippen molar-refractivity contribution in [2.45, 2.75) is 0 Å². The fraction of sp³-hybridized carbons (Fsp3) is 0.318. The van der Waals surface area contributed by atoms with E-state index in [4.69, 9.17) is 4.74 Å². The van der Waals surface area contributed by atoms with Crippen molar-refractivity contribution >= 4 is 16.7 Å². The molecule has 0 atom stereocenters. The molecule has 2 heterocycles. The first-order valence-corrected chi connectivity index (χ1v) is 9.89. The molecular formula is C22H25N4O3+. The standard InChI is InChI=1S/C22H24N4O3/c1-25-22(28)19-5-3-2-4-18(19)20(24-25)16-6-8-17(9-7-16)21(27)23-10-11-26-12-14-29-15-13-26/h2-9H,10-15H2,1H3,(H,23,27)/p+1. The summed E-state index contributed by atoms with van der Waals surface area (Å²) in [7, 11) is 1.65. The summed E-state index contributed by atoms with van der Waals surface area (Å²) in [4.78, 5) is 26.2. The van der Waals surface area contributed by atoms with Gasteiger partial charge in [-0.1, -0.05) is 30.3 Å². The van der Waals surface area contributed by atoms with Gasteiger partial charge in [0.2, 0.25) is 0 Å². The molecule has 4 rings (SSSR count). The van der Waals surface area contributed by atoms with E-state index in [1.807, 2.05) is 30.3 Å². The van der Waals surface area contributed by atoms with Gasteiger partial charge in [-0.05, 0) is 18.2 Å². The zero-order valence-corrected chi connectivity index (χ0v) is 16.5. The average Bonchev–Trinajstić information content (AvgIpc) is 2.77. The summed E-state index contributed by atoms with van der Waals surface area (Å²) in [6.45, 7) is 5.11. The van der Waals surface area contributed by atoms with E-state index >= 15 is 0 Å². The molecule has 2 N–H and O–H groups in total. The highest BCUT2D eigenvalue weighted by atomic mass is 16.5. The van der Waals surface area contributed by atoms with E-state index in [1.54, 1.807) is 25.2 Å². The average molecular weight is 393 g/mol. The predicted molar refractivity (Wildman–Crippen MR) is 111 cm³/mol. The minimum Gasteiger partial charge on any atom is -0.370 e. The van der Waals surface area contributed by atoms with Crippen LogP contribution in [0.4, 0.5) is 0 Å². The van der Waals surface area contributed by atoms with Crippen molar-refractivity contribution in [2.24, 2.45) is 7.05 Å². The van der Waals surface area contributed by atoms with Crippen LogP contribution >= 0.6 is 0 Å². The molecule has 2 aromatic carbocycles. The largest absolute Gasteiger partial charge is 0.370 e. The number of benzene rings is 2. The monoisotopic (exact) mass is 393 g/mol. The molecule has 0 aliphatic carbocycles. The molecule has 1 aromatic heterocycles. The SMILES string of the molecule is Cn1nc(-c2ccc(C(=O)NCC[NH+]3CCOCC3)cc2)c2ccccc2c1=O. The molecule has 0 saturated carbocycles. The van der Waals surface area contributed by atoms with Crippen molar-refractivity contribution in [1.29, 1.82) is 0 Å². The van der Waals surface area contributed by atoms with E-state index < -0.39 is 0 Å². The maximum Gasteiger partial charge on any atom is 0.274 e. The molecule has 1 aliphatic rings. The Morgan fingerprint density at radius 3 is 2.52 bits per heavy atom. The lowest BCUT2D eigenvalue weighted by Crippen LogP contribution is -3.14. The number of quaternary nitrogens is 1. The topological polar surface area (TPSA) is 77.7 Å². The number of ether oxygens (including phenoxy) is 1. The Morgan fingerprint density at radius 2 is 1.79 bits per heavy atom. The molecule has 1 fully saturated rings. The predicted octanol–water partition coefficient (Wildman–Crippen LogP) is 0.245. The Labute approximate surface area is 168 Å². The number of amides is 1. The molecule has 7 nitrogen and oxygen atoms in total. The second-order valence-electron chi connectivity index (χ2n) is 7.27. The third-order valence-corrected chi connectivity index (χ3v) is 5.34. The lowest BCUT2D eigenvalue weighted by Gasteiger charge is -2.23. The van der Waals surface area contributed by atoms with Crippen LogP contribution in [0.1, 0.15) is 10.4 Å². The normalized spacial score (nSPS) is 14.8. The minimum atomic E-state index is -0.122. The Morgan fingerprint density at radius 1 is 1.10 bits per heavy atom. The highest BCUT2D eigenvalue weighted by molar-refractivity contribution is 5.96. The van der Waals surface area contributed by atoms with Gasteiger partial charge in [-0.15, -0.1) is 0 Å². The third-order valence-electron chi connectivity index (χ3n) is 5.34. The Hall–Kier alpha value is -3.03. The maximum atomic E-state index is 12.4. The molecule has 150 valence electrons. The van der Waals surface area contributed by atoms with E-state index in [-0.39, 0.29) is 11.5 Å². The van der Waals surface area contributed by atoms with Crippen LogP contribution in [0, 0.1) is 0 Å². The van der Waals surface area contributed by atoms with Crippen molar-refractivity contribution in [3.8, 4) is 11.3 Å². The Bertz CT molecular complexity index is 1070. The van der Waals surface area contributed by atoms with Crippen molar-refractivity contribution < 1.29 is 14.4 Å². The lowest BCUT2D eigenvalue weighted by atomic mass is 10.0. The highest BCUT2D eigenvalue weighted by Gasteiger charge is 2.15. The summed E-state index contributed by atoms with van der Waals surface area (Å²) in [5.74, 6) is -0.0810. The molecule has 1 aliphatic heterocycles. The second-order valence-corrected chi connectivity index (χ2v) is 7.27. The van der Waals surface area contributed by atoms with E-state index in [2.05, 4.69) is 10.4 Å². The number of carbonyl (C=O) groups is 1. The van der Waals surface area contributed by atoms with Gasteiger partial charge in [0.25, 0.3) is 11.5 Å². The summed E-state index contributed by atoms with van der Waals surface area (Å²) in [6.07, 6.45) is 0. The van der Waals surface area contributed by atoms with Crippen LogP contribution in [0.2, 0.25) is 0 Å². The van der Waals surface area contributed by atoms with Gasteiger partial charge in [-0.2, -0.15) is 5.10 Å². The molecule has 0 unspecified atom stereocenters. The van der Waals surface area contributed by atoms with Crippen molar-refractivity contribution in [3.63, 3.8) is 0 Å². The summed E-state index contributed by atoms with van der Waals surface area (Å²) in [5.41, 5.74) is 2.08. The number of aryl methyl sites for hydroxylation is 1. The van der Waals surface area contributed by atoms with Gasteiger partial charge in [0.05, 0.1) is 37.4 Å². The van der Waals surface area contributed by atoms with Crippen LogP contribution in [-0.4, -0.2) is 55.1 Å². The van der Waals surface area contributed by atoms with Crippen molar-refractivity contribution in [1.82, 2.24) is 15.1 Å². The minimum absolute atomic E-state index is 0.0810. The van der Waals surface area contributed by atoms with Gasteiger partial charge >= 0.3 is 0 Å². The molecule has 0 spiro atoms. The number of aromatic nitrogens is 2. The van der Waals surface area contributed by atoms with Gasteiger partial charge in [-0.25, -0.2) is 4.68 Å². The molecule has 3 aromatic rings. The lowest BCUT2D eigenvalue weighted by molar-refractivity contribution is -0.906. The van der Waals surface area contributed by atoms with Gasteiger partial charge in [0.1, 0.15) is 13.1 Å². The highest BCUT2D eigenvalue weighted by Crippen LogP contribution is 2.24. The van der Waals surface area contributed by atoms with Crippen molar-refractivity contribution in [2.75, 3.05) is 39.4 Å². The first-order chi connectivity index (χ1) is 14.1. The van der Waals surface area contributed by atoms with Gasteiger partial charge in [0.15, 0.2) is 0 Å². The molecule has 1 amide bonds. The summed E-state index contributed by atoms with van der Waals surface area (Å²) in [5, 5.41) is 8.87. The fourth-order valence-electron chi connectivity index (χ4n) is 3.66. The van der Waals surface area contributed by atoms with Crippen LogP contribution in [0.3, 0.4) is 0 Å². The fourth-order valence-corrected chi connectivity index (χ4v) is 3.66. The van der Waals surface area contributed by atoms with Crippen LogP contribution in [0.15, 0.2) is 53.3 Å². The van der Waals surface area contributed by atoms with E-state index in [9.17, 15) is 9.59 Å². The number of nitrogens with one attached hydrogen (secondary N) is 2. The number of hydrogen-bond donors (Lipinski definition) is 2. The van der Waals surface area contributed by atoms with E-state index in [1.165, 1.54) is 9.58 Å². The zero-order chi connectivity index (χ0) is 20.2. The first-order valence-electron chi connectivity index (χ1n) is 9.89. The van der Waals surface area contributed by atoms with Crippen LogP contribution in [0.5, 0.6) is 0 Å². The summed E-state index contributed by atoms with van der Waals surface area (Å²) < 4.78 is 6.71. The van der Waals surface area contributed by atoms with Crippen molar-refractivity contribution in [3.05, 3.63) is 64.4 Å². The molecule has 0 radical (unpaired) electrons. The third kappa shape index (κ3) is 4.21. The Balaban J connectivity index is 1.48. The zero-order valence-electron chi connectivity index (χ0n) is 16.5. The van der Waals surface area contributed by atoms with Crippen LogP contribution < -0.4 is 15.8 Å². The smallest absolute Gasteiger partial charge is 0.274 e. The number of rotatable bonds is 5. The quantitative estimate of drug-likeness (QED) is 0.651. The number of morpholine rings is 1. The van der Waals surface area contributed by atoms with E-state index in [0.29, 0.717) is 17.5 Å². The molecule has 7 heteroatoms. The van der Waals surface area contributed by atoms with Gasteiger partial charge in [0, 0.05) is 23.6 Å². The van der Waals surface area contributed by atoms with E-state index in [0.717, 1.165) is 49.5 Å². The van der Waals surface area contributed by atoms with Crippen LogP contribution in [0.25, 0.3) is 22.0 Å².